The molecule has 0 aliphatic heterocycles. The Morgan fingerprint density at radius 1 is 1.15 bits per heavy atom. The number of amides is 1. The third kappa shape index (κ3) is 3.77. The van der Waals surface area contributed by atoms with Crippen molar-refractivity contribution in [2.75, 3.05) is 11.1 Å². The fourth-order valence-corrected chi connectivity index (χ4v) is 3.50. The molecule has 0 bridgehead atoms. The van der Waals surface area contributed by atoms with Gasteiger partial charge >= 0.3 is 0 Å². The van der Waals surface area contributed by atoms with Gasteiger partial charge in [0.25, 0.3) is 0 Å². The van der Waals surface area contributed by atoms with Gasteiger partial charge in [-0.2, -0.15) is 0 Å². The van der Waals surface area contributed by atoms with Crippen molar-refractivity contribution in [3.05, 3.63) is 54.4 Å². The number of anilines is 1. The summed E-state index contributed by atoms with van der Waals surface area (Å²) in [5.74, 6) is 1.10. The molecule has 0 radical (unpaired) electrons. The number of carbonyl (C=O) groups is 1. The molecule has 0 atom stereocenters. The van der Waals surface area contributed by atoms with Crippen LogP contribution in [0, 0.1) is 6.92 Å². The predicted octanol–water partition coefficient (Wildman–Crippen LogP) is 3.71. The van der Waals surface area contributed by atoms with E-state index in [4.69, 9.17) is 0 Å². The lowest BCUT2D eigenvalue weighted by Crippen LogP contribution is -2.14. The summed E-state index contributed by atoms with van der Waals surface area (Å²) < 4.78 is 2.15. The van der Waals surface area contributed by atoms with Crippen LogP contribution in [0.2, 0.25) is 0 Å². The lowest BCUT2D eigenvalue weighted by atomic mass is 10.2. The second-order valence-corrected chi connectivity index (χ2v) is 7.29. The maximum atomic E-state index is 12.2. The third-order valence-electron chi connectivity index (χ3n) is 4.18. The van der Waals surface area contributed by atoms with Crippen molar-refractivity contribution >= 4 is 23.4 Å². The molecule has 1 amide bonds. The fraction of sp³-hybridized carbons (Fsp3) is 0.263. The van der Waals surface area contributed by atoms with E-state index in [-0.39, 0.29) is 5.91 Å². The summed E-state index contributed by atoms with van der Waals surface area (Å²) in [5.41, 5.74) is 2.97. The largest absolute Gasteiger partial charge is 0.325 e. The first-order valence-corrected chi connectivity index (χ1v) is 9.54. The van der Waals surface area contributed by atoms with Crippen LogP contribution in [-0.4, -0.2) is 31.4 Å². The van der Waals surface area contributed by atoms with Crippen LogP contribution in [0.1, 0.15) is 24.4 Å². The normalized spacial score (nSPS) is 13.6. The Labute approximate surface area is 156 Å². The van der Waals surface area contributed by atoms with E-state index in [1.165, 1.54) is 17.3 Å². The van der Waals surface area contributed by atoms with Gasteiger partial charge in [-0.25, -0.2) is 0 Å². The molecule has 6 nitrogen and oxygen atoms in total. The quantitative estimate of drug-likeness (QED) is 0.674. The lowest BCUT2D eigenvalue weighted by Gasteiger charge is -2.09. The molecule has 2 aromatic heterocycles. The standard InChI is InChI=1S/C19H19N5OS/c1-13-2-4-15(5-3-13)21-17(25)12-26-19-23-22-18(24(19)16-6-7-16)14-8-10-20-11-9-14/h2-5,8-11,16H,6-7,12H2,1H3,(H,21,25). The SMILES string of the molecule is Cc1ccc(NC(=O)CSc2nnc(-c3ccncc3)n2C2CC2)cc1. The van der Waals surface area contributed by atoms with Gasteiger partial charge in [-0.15, -0.1) is 10.2 Å². The van der Waals surface area contributed by atoms with E-state index in [0.29, 0.717) is 11.8 Å². The first-order chi connectivity index (χ1) is 12.7. The first-order valence-electron chi connectivity index (χ1n) is 8.55. The summed E-state index contributed by atoms with van der Waals surface area (Å²) >= 11 is 1.42. The van der Waals surface area contributed by atoms with Crippen LogP contribution in [0.4, 0.5) is 5.69 Å². The van der Waals surface area contributed by atoms with Crippen molar-refractivity contribution in [2.45, 2.75) is 31.0 Å². The van der Waals surface area contributed by atoms with E-state index in [0.717, 1.165) is 35.1 Å². The minimum Gasteiger partial charge on any atom is -0.325 e. The second-order valence-electron chi connectivity index (χ2n) is 6.35. The molecule has 132 valence electrons. The third-order valence-corrected chi connectivity index (χ3v) is 5.13. The summed E-state index contributed by atoms with van der Waals surface area (Å²) in [6, 6.07) is 12.1. The zero-order chi connectivity index (χ0) is 17.9. The molecule has 4 rings (SSSR count). The maximum Gasteiger partial charge on any atom is 0.234 e. The van der Waals surface area contributed by atoms with Crippen LogP contribution in [0.25, 0.3) is 11.4 Å². The molecular weight excluding hydrogens is 346 g/mol. The molecule has 0 saturated heterocycles. The number of hydrogen-bond donors (Lipinski definition) is 1. The van der Waals surface area contributed by atoms with Crippen LogP contribution in [-0.2, 0) is 4.79 Å². The van der Waals surface area contributed by atoms with Gasteiger partial charge in [-0.05, 0) is 44.0 Å². The Balaban J connectivity index is 1.46. The van der Waals surface area contributed by atoms with Gasteiger partial charge in [-0.1, -0.05) is 29.5 Å². The van der Waals surface area contributed by atoms with E-state index < -0.39 is 0 Å². The van der Waals surface area contributed by atoms with Gasteiger partial charge in [0.2, 0.25) is 5.91 Å². The summed E-state index contributed by atoms with van der Waals surface area (Å²) in [5, 5.41) is 12.4. The number of pyridine rings is 1. The average Bonchev–Trinajstić information content (AvgIpc) is 3.41. The van der Waals surface area contributed by atoms with Gasteiger partial charge in [0.15, 0.2) is 11.0 Å². The van der Waals surface area contributed by atoms with Crippen molar-refractivity contribution < 1.29 is 4.79 Å². The molecule has 0 spiro atoms. The van der Waals surface area contributed by atoms with E-state index in [9.17, 15) is 4.79 Å². The number of thioether (sulfide) groups is 1. The molecular formula is C19H19N5OS. The van der Waals surface area contributed by atoms with E-state index in [2.05, 4.69) is 25.1 Å². The van der Waals surface area contributed by atoms with Gasteiger partial charge < -0.3 is 5.32 Å². The van der Waals surface area contributed by atoms with Crippen LogP contribution in [0.15, 0.2) is 53.9 Å². The molecule has 1 fully saturated rings. The number of nitrogens with zero attached hydrogens (tertiary/aromatic N) is 4. The molecule has 2 heterocycles. The highest BCUT2D eigenvalue weighted by Crippen LogP contribution is 2.40. The molecule has 26 heavy (non-hydrogen) atoms. The summed E-state index contributed by atoms with van der Waals surface area (Å²) in [4.78, 5) is 16.3. The molecule has 1 N–H and O–H groups in total. The molecule has 1 saturated carbocycles. The Morgan fingerprint density at radius 3 is 2.58 bits per heavy atom. The van der Waals surface area contributed by atoms with Gasteiger partial charge in [-0.3, -0.25) is 14.3 Å². The van der Waals surface area contributed by atoms with Gasteiger partial charge in [0.1, 0.15) is 0 Å². The number of hydrogen-bond acceptors (Lipinski definition) is 5. The lowest BCUT2D eigenvalue weighted by molar-refractivity contribution is -0.113. The molecule has 1 aliphatic rings. The summed E-state index contributed by atoms with van der Waals surface area (Å²) in [6.45, 7) is 2.02. The Morgan fingerprint density at radius 2 is 1.88 bits per heavy atom. The van der Waals surface area contributed by atoms with Crippen LogP contribution >= 0.6 is 11.8 Å². The van der Waals surface area contributed by atoms with Crippen LogP contribution in [0.3, 0.4) is 0 Å². The van der Waals surface area contributed by atoms with E-state index in [1.807, 2.05) is 43.3 Å². The highest BCUT2D eigenvalue weighted by Gasteiger charge is 2.30. The number of rotatable bonds is 6. The first kappa shape index (κ1) is 16.8. The zero-order valence-electron chi connectivity index (χ0n) is 14.4. The molecule has 3 aromatic rings. The summed E-state index contributed by atoms with van der Waals surface area (Å²) in [6.07, 6.45) is 5.75. The smallest absolute Gasteiger partial charge is 0.234 e. The van der Waals surface area contributed by atoms with Crippen molar-refractivity contribution in [1.29, 1.82) is 0 Å². The van der Waals surface area contributed by atoms with Crippen molar-refractivity contribution in [2.24, 2.45) is 0 Å². The number of carbonyl (C=O) groups excluding carboxylic acids is 1. The topological polar surface area (TPSA) is 72.7 Å². The number of benzene rings is 1. The molecule has 0 unspecified atom stereocenters. The van der Waals surface area contributed by atoms with E-state index >= 15 is 0 Å². The molecule has 1 aliphatic carbocycles. The van der Waals surface area contributed by atoms with Crippen molar-refractivity contribution in [3.63, 3.8) is 0 Å². The summed E-state index contributed by atoms with van der Waals surface area (Å²) in [7, 11) is 0. The highest BCUT2D eigenvalue weighted by molar-refractivity contribution is 7.99. The number of aryl methyl sites for hydroxylation is 1. The average molecular weight is 365 g/mol. The van der Waals surface area contributed by atoms with Crippen LogP contribution < -0.4 is 5.32 Å². The minimum atomic E-state index is -0.0466. The number of nitrogens with one attached hydrogen (secondary N) is 1. The zero-order valence-corrected chi connectivity index (χ0v) is 15.2. The number of aromatic nitrogens is 4. The Bertz CT molecular complexity index is 903. The van der Waals surface area contributed by atoms with Gasteiger partial charge in [0, 0.05) is 29.7 Å². The molecule has 1 aromatic carbocycles. The molecule has 7 heteroatoms. The fourth-order valence-electron chi connectivity index (χ4n) is 2.70. The van der Waals surface area contributed by atoms with Crippen molar-refractivity contribution in [1.82, 2.24) is 19.7 Å². The Kier molecular flexibility index (Phi) is 4.71. The minimum absolute atomic E-state index is 0.0466. The van der Waals surface area contributed by atoms with Gasteiger partial charge in [0.05, 0.1) is 5.75 Å². The van der Waals surface area contributed by atoms with E-state index in [1.54, 1.807) is 12.4 Å². The predicted molar refractivity (Wildman–Crippen MR) is 102 cm³/mol. The van der Waals surface area contributed by atoms with Crippen molar-refractivity contribution in [3.8, 4) is 11.4 Å². The highest BCUT2D eigenvalue weighted by atomic mass is 32.2. The maximum absolute atomic E-state index is 12.2. The monoisotopic (exact) mass is 365 g/mol. The van der Waals surface area contributed by atoms with Crippen LogP contribution in [0.5, 0.6) is 0 Å². The second kappa shape index (κ2) is 7.29. The Hall–Kier alpha value is -2.67.